The fourth-order valence-electron chi connectivity index (χ4n) is 4.99. The van der Waals surface area contributed by atoms with E-state index in [9.17, 15) is 9.59 Å². The van der Waals surface area contributed by atoms with Gasteiger partial charge >= 0.3 is 5.92 Å². The van der Waals surface area contributed by atoms with E-state index in [2.05, 4.69) is 25.5 Å². The molecule has 206 valence electrons. The summed E-state index contributed by atoms with van der Waals surface area (Å²) in [6.45, 7) is 2.79. The van der Waals surface area contributed by atoms with Gasteiger partial charge in [-0.05, 0) is 70.6 Å². The van der Waals surface area contributed by atoms with Crippen molar-refractivity contribution in [2.75, 3.05) is 55.4 Å². The Hall–Kier alpha value is -3.34. The van der Waals surface area contributed by atoms with Gasteiger partial charge in [0.05, 0.1) is 12.7 Å². The van der Waals surface area contributed by atoms with Crippen LogP contribution in [0.4, 0.5) is 31.9 Å². The van der Waals surface area contributed by atoms with Gasteiger partial charge < -0.3 is 25.3 Å². The molecule has 2 aliphatic rings. The minimum Gasteiger partial charge on any atom is -0.352 e. The van der Waals surface area contributed by atoms with Crippen LogP contribution in [-0.2, 0) is 4.79 Å². The van der Waals surface area contributed by atoms with Crippen LogP contribution in [0.15, 0.2) is 30.5 Å². The molecule has 4 rings (SSSR count). The van der Waals surface area contributed by atoms with Crippen LogP contribution >= 0.6 is 0 Å². The first-order valence-electron chi connectivity index (χ1n) is 13.3. The topological polar surface area (TPSA) is 93.7 Å². The van der Waals surface area contributed by atoms with Gasteiger partial charge in [0.15, 0.2) is 5.82 Å². The number of halogens is 2. The van der Waals surface area contributed by atoms with Crippen LogP contribution in [0.3, 0.4) is 0 Å². The maximum Gasteiger partial charge on any atom is 0.342 e. The van der Waals surface area contributed by atoms with Crippen molar-refractivity contribution in [1.29, 1.82) is 0 Å². The number of hydrogen-bond donors (Lipinski definition) is 2. The Balaban J connectivity index is 1.54. The largest absolute Gasteiger partial charge is 0.352 e. The molecule has 2 amide bonds. The highest BCUT2D eigenvalue weighted by Gasteiger charge is 2.49. The van der Waals surface area contributed by atoms with Crippen LogP contribution < -0.4 is 20.4 Å². The SMILES string of the molecule is CCCN1C(=O)C(F)(F)CN(C2CCCC2)c2nc(Nc3ccc(C(=O)NCCCN(C)C)cc3)ncc21. The fraction of sp³-hybridized carbons (Fsp3) is 0.556. The Bertz CT molecular complexity index is 1120. The van der Waals surface area contributed by atoms with Crippen LogP contribution in [-0.4, -0.2) is 78.9 Å². The highest BCUT2D eigenvalue weighted by molar-refractivity contribution is 6.02. The van der Waals surface area contributed by atoms with Crippen LogP contribution in [0.1, 0.15) is 55.8 Å². The average molecular weight is 530 g/mol. The first kappa shape index (κ1) is 27.7. The van der Waals surface area contributed by atoms with Gasteiger partial charge in [0.1, 0.15) is 5.69 Å². The Morgan fingerprint density at radius 3 is 2.55 bits per heavy atom. The molecule has 1 fully saturated rings. The molecule has 2 heterocycles. The number of benzene rings is 1. The standard InChI is InChI=1S/C27H37F2N7O2/c1-4-15-35-22-17-31-26(32-20-12-10-19(11-13-20)24(37)30-14-7-16-34(2)3)33-23(22)36(21-8-5-6-9-21)18-27(28,29)25(35)38/h10-13,17,21H,4-9,14-16,18H2,1-3H3,(H,30,37)(H,31,32,33). The normalized spacial score (nSPS) is 17.5. The van der Waals surface area contributed by atoms with Crippen molar-refractivity contribution in [2.24, 2.45) is 0 Å². The van der Waals surface area contributed by atoms with Gasteiger partial charge in [-0.3, -0.25) is 9.59 Å². The molecule has 9 nitrogen and oxygen atoms in total. The van der Waals surface area contributed by atoms with Crippen molar-refractivity contribution < 1.29 is 18.4 Å². The second kappa shape index (κ2) is 12.0. The summed E-state index contributed by atoms with van der Waals surface area (Å²) < 4.78 is 30.1. The average Bonchev–Trinajstić information content (AvgIpc) is 3.41. The number of amides is 2. The second-order valence-electron chi connectivity index (χ2n) is 10.2. The summed E-state index contributed by atoms with van der Waals surface area (Å²) in [4.78, 5) is 39.0. The van der Waals surface area contributed by atoms with Crippen molar-refractivity contribution in [1.82, 2.24) is 20.2 Å². The van der Waals surface area contributed by atoms with E-state index in [1.165, 1.54) is 6.20 Å². The van der Waals surface area contributed by atoms with E-state index in [1.807, 2.05) is 21.0 Å². The van der Waals surface area contributed by atoms with E-state index < -0.39 is 18.4 Å². The Labute approximate surface area is 222 Å². The number of aromatic nitrogens is 2. The summed E-state index contributed by atoms with van der Waals surface area (Å²) in [6.07, 6.45) is 6.32. The Morgan fingerprint density at radius 1 is 1.18 bits per heavy atom. The summed E-state index contributed by atoms with van der Waals surface area (Å²) >= 11 is 0. The minimum absolute atomic E-state index is 0.104. The molecule has 38 heavy (non-hydrogen) atoms. The summed E-state index contributed by atoms with van der Waals surface area (Å²) in [5.74, 6) is -4.29. The molecule has 1 aliphatic heterocycles. The number of fused-ring (bicyclic) bond motifs is 1. The number of alkyl halides is 2. The summed E-state index contributed by atoms with van der Waals surface area (Å²) in [5, 5.41) is 6.03. The lowest BCUT2D eigenvalue weighted by molar-refractivity contribution is -0.141. The van der Waals surface area contributed by atoms with Crippen molar-refractivity contribution in [3.8, 4) is 0 Å². The van der Waals surface area contributed by atoms with E-state index in [0.29, 0.717) is 35.7 Å². The lowest BCUT2D eigenvalue weighted by Gasteiger charge is -2.31. The van der Waals surface area contributed by atoms with E-state index >= 15 is 8.78 Å². The molecule has 0 atom stereocenters. The first-order chi connectivity index (χ1) is 18.2. The third kappa shape index (κ3) is 6.38. The predicted octanol–water partition coefficient (Wildman–Crippen LogP) is 4.04. The molecule has 0 radical (unpaired) electrons. The van der Waals surface area contributed by atoms with Crippen LogP contribution in [0.2, 0.25) is 0 Å². The van der Waals surface area contributed by atoms with Crippen molar-refractivity contribution >= 4 is 35.0 Å². The zero-order valence-corrected chi connectivity index (χ0v) is 22.3. The van der Waals surface area contributed by atoms with Gasteiger partial charge in [-0.25, -0.2) is 4.98 Å². The summed E-state index contributed by atoms with van der Waals surface area (Å²) in [6, 6.07) is 6.81. The smallest absolute Gasteiger partial charge is 0.342 e. The zero-order chi connectivity index (χ0) is 27.3. The van der Waals surface area contributed by atoms with Crippen molar-refractivity contribution in [3.05, 3.63) is 36.0 Å². The predicted molar refractivity (Wildman–Crippen MR) is 144 cm³/mol. The quantitative estimate of drug-likeness (QED) is 0.449. The molecule has 1 saturated carbocycles. The number of carbonyl (C=O) groups excluding carboxylic acids is 2. The molecule has 0 bridgehead atoms. The fourth-order valence-corrected chi connectivity index (χ4v) is 4.99. The van der Waals surface area contributed by atoms with E-state index in [-0.39, 0.29) is 24.4 Å². The lowest BCUT2D eigenvalue weighted by Crippen LogP contribution is -2.49. The van der Waals surface area contributed by atoms with Gasteiger partial charge in [-0.1, -0.05) is 19.8 Å². The van der Waals surface area contributed by atoms with Crippen molar-refractivity contribution in [2.45, 2.75) is 57.4 Å². The molecule has 2 N–H and O–H groups in total. The minimum atomic E-state index is -3.52. The Kier molecular flexibility index (Phi) is 8.76. The molecule has 0 unspecified atom stereocenters. The third-order valence-electron chi connectivity index (χ3n) is 6.92. The second-order valence-corrected chi connectivity index (χ2v) is 10.2. The molecule has 11 heteroatoms. The zero-order valence-electron chi connectivity index (χ0n) is 22.3. The van der Waals surface area contributed by atoms with Crippen molar-refractivity contribution in [3.63, 3.8) is 0 Å². The maximum absolute atomic E-state index is 15.1. The molecular weight excluding hydrogens is 492 g/mol. The molecule has 1 aromatic carbocycles. The lowest BCUT2D eigenvalue weighted by atomic mass is 10.2. The van der Waals surface area contributed by atoms with Gasteiger partial charge in [0.2, 0.25) is 5.95 Å². The van der Waals surface area contributed by atoms with Gasteiger partial charge in [-0.2, -0.15) is 13.8 Å². The summed E-state index contributed by atoms with van der Waals surface area (Å²) in [7, 11) is 3.98. The first-order valence-corrected chi connectivity index (χ1v) is 13.3. The molecule has 1 aromatic heterocycles. The Morgan fingerprint density at radius 2 is 1.89 bits per heavy atom. The van der Waals surface area contributed by atoms with Gasteiger partial charge in [-0.15, -0.1) is 0 Å². The summed E-state index contributed by atoms with van der Waals surface area (Å²) in [5.41, 5.74) is 1.50. The number of anilines is 4. The maximum atomic E-state index is 15.1. The van der Waals surface area contributed by atoms with Gasteiger partial charge in [0, 0.05) is 30.4 Å². The molecular formula is C27H37F2N7O2. The van der Waals surface area contributed by atoms with E-state index in [1.54, 1.807) is 29.2 Å². The van der Waals surface area contributed by atoms with Crippen LogP contribution in [0, 0.1) is 0 Å². The number of carbonyl (C=O) groups is 2. The number of hydrogen-bond acceptors (Lipinski definition) is 7. The molecule has 1 aliphatic carbocycles. The van der Waals surface area contributed by atoms with E-state index in [0.717, 1.165) is 43.5 Å². The highest BCUT2D eigenvalue weighted by atomic mass is 19.3. The van der Waals surface area contributed by atoms with E-state index in [4.69, 9.17) is 0 Å². The van der Waals surface area contributed by atoms with Gasteiger partial charge in [0.25, 0.3) is 11.8 Å². The molecule has 0 saturated heterocycles. The van der Waals surface area contributed by atoms with Crippen LogP contribution in [0.25, 0.3) is 0 Å². The monoisotopic (exact) mass is 529 g/mol. The number of nitrogens with zero attached hydrogens (tertiary/aromatic N) is 5. The number of rotatable bonds is 10. The molecule has 0 spiro atoms. The van der Waals surface area contributed by atoms with Crippen LogP contribution in [0.5, 0.6) is 0 Å². The molecule has 2 aromatic rings. The third-order valence-corrected chi connectivity index (χ3v) is 6.92. The number of nitrogens with one attached hydrogen (secondary N) is 2. The highest BCUT2D eigenvalue weighted by Crippen LogP contribution is 2.40.